The normalized spacial score (nSPS) is 10.4. The van der Waals surface area contributed by atoms with Gasteiger partial charge in [-0.05, 0) is 18.2 Å². The molecule has 0 aliphatic heterocycles. The standard InChI is InChI=1S/C15H13N3O4/c19-15(17-7-9-21-14-5-1-2-6-16-14)11-10-13(22-18-11)12-4-3-8-20-12/h1-6,8,10H,7,9H2,(H,17,19). The topological polar surface area (TPSA) is 90.4 Å². The summed E-state index contributed by atoms with van der Waals surface area (Å²) in [6.45, 7) is 0.643. The first kappa shape index (κ1) is 13.9. The van der Waals surface area contributed by atoms with Crippen LogP contribution in [0.25, 0.3) is 11.5 Å². The van der Waals surface area contributed by atoms with Crippen LogP contribution in [0.15, 0.2) is 57.8 Å². The van der Waals surface area contributed by atoms with Gasteiger partial charge in [-0.3, -0.25) is 4.79 Å². The van der Waals surface area contributed by atoms with Crippen LogP contribution in [-0.4, -0.2) is 29.2 Å². The first-order chi connectivity index (χ1) is 10.8. The molecule has 0 saturated heterocycles. The molecule has 3 heterocycles. The highest BCUT2D eigenvalue weighted by Crippen LogP contribution is 2.20. The highest BCUT2D eigenvalue weighted by atomic mass is 16.5. The fourth-order valence-corrected chi connectivity index (χ4v) is 1.76. The minimum atomic E-state index is -0.342. The van der Waals surface area contributed by atoms with E-state index in [9.17, 15) is 4.79 Å². The number of ether oxygens (including phenoxy) is 1. The molecule has 0 saturated carbocycles. The molecule has 0 aliphatic carbocycles. The van der Waals surface area contributed by atoms with Crippen molar-refractivity contribution in [1.82, 2.24) is 15.5 Å². The second kappa shape index (κ2) is 6.57. The molecule has 7 nitrogen and oxygen atoms in total. The van der Waals surface area contributed by atoms with Crippen molar-refractivity contribution in [2.45, 2.75) is 0 Å². The highest BCUT2D eigenvalue weighted by Gasteiger charge is 2.14. The Bertz CT molecular complexity index is 722. The SMILES string of the molecule is O=C(NCCOc1ccccn1)c1cc(-c2ccco2)on1. The van der Waals surface area contributed by atoms with E-state index in [1.54, 1.807) is 30.5 Å². The lowest BCUT2D eigenvalue weighted by molar-refractivity contribution is 0.0937. The van der Waals surface area contributed by atoms with Crippen LogP contribution in [0.3, 0.4) is 0 Å². The summed E-state index contributed by atoms with van der Waals surface area (Å²) in [7, 11) is 0. The number of aromatic nitrogens is 2. The van der Waals surface area contributed by atoms with E-state index in [4.69, 9.17) is 13.7 Å². The third-order valence-corrected chi connectivity index (χ3v) is 2.78. The average Bonchev–Trinajstić information content (AvgIpc) is 3.22. The molecule has 0 radical (unpaired) electrons. The van der Waals surface area contributed by atoms with Gasteiger partial charge < -0.3 is 19.0 Å². The largest absolute Gasteiger partial charge is 0.476 e. The average molecular weight is 299 g/mol. The van der Waals surface area contributed by atoms with E-state index in [2.05, 4.69) is 15.5 Å². The smallest absolute Gasteiger partial charge is 0.273 e. The second-order valence-electron chi connectivity index (χ2n) is 4.33. The van der Waals surface area contributed by atoms with Crippen molar-refractivity contribution in [2.75, 3.05) is 13.2 Å². The number of hydrogen-bond acceptors (Lipinski definition) is 6. The maximum absolute atomic E-state index is 11.9. The number of pyridine rings is 1. The first-order valence-corrected chi connectivity index (χ1v) is 6.65. The maximum Gasteiger partial charge on any atom is 0.273 e. The van der Waals surface area contributed by atoms with Crippen LogP contribution < -0.4 is 10.1 Å². The Morgan fingerprint density at radius 2 is 2.18 bits per heavy atom. The zero-order chi connectivity index (χ0) is 15.2. The summed E-state index contributed by atoms with van der Waals surface area (Å²) in [5.41, 5.74) is 0.184. The fourth-order valence-electron chi connectivity index (χ4n) is 1.76. The van der Waals surface area contributed by atoms with E-state index in [0.717, 1.165) is 0 Å². The van der Waals surface area contributed by atoms with E-state index < -0.39 is 0 Å². The van der Waals surface area contributed by atoms with Crippen molar-refractivity contribution in [3.05, 3.63) is 54.6 Å². The van der Waals surface area contributed by atoms with Crippen LogP contribution in [-0.2, 0) is 0 Å². The molecule has 22 heavy (non-hydrogen) atoms. The first-order valence-electron chi connectivity index (χ1n) is 6.65. The number of rotatable bonds is 6. The molecule has 3 rings (SSSR count). The van der Waals surface area contributed by atoms with Crippen LogP contribution in [0.1, 0.15) is 10.5 Å². The van der Waals surface area contributed by atoms with Gasteiger partial charge in [-0.25, -0.2) is 4.98 Å². The van der Waals surface area contributed by atoms with Gasteiger partial charge in [-0.2, -0.15) is 0 Å². The molecule has 0 atom stereocenters. The zero-order valence-electron chi connectivity index (χ0n) is 11.6. The lowest BCUT2D eigenvalue weighted by Crippen LogP contribution is -2.28. The summed E-state index contributed by atoms with van der Waals surface area (Å²) in [4.78, 5) is 15.9. The number of amides is 1. The monoisotopic (exact) mass is 299 g/mol. The Morgan fingerprint density at radius 1 is 1.23 bits per heavy atom. The van der Waals surface area contributed by atoms with Gasteiger partial charge >= 0.3 is 0 Å². The molecular formula is C15H13N3O4. The van der Waals surface area contributed by atoms with Gasteiger partial charge in [-0.15, -0.1) is 0 Å². The lowest BCUT2D eigenvalue weighted by Gasteiger charge is -2.05. The third kappa shape index (κ3) is 3.32. The molecule has 0 spiro atoms. The maximum atomic E-state index is 11.9. The van der Waals surface area contributed by atoms with Gasteiger partial charge in [-0.1, -0.05) is 11.2 Å². The van der Waals surface area contributed by atoms with Gasteiger partial charge in [0, 0.05) is 18.3 Å². The molecule has 0 aliphatic rings. The molecular weight excluding hydrogens is 286 g/mol. The minimum absolute atomic E-state index is 0.184. The second-order valence-corrected chi connectivity index (χ2v) is 4.33. The zero-order valence-corrected chi connectivity index (χ0v) is 11.6. The van der Waals surface area contributed by atoms with Crippen LogP contribution in [0.4, 0.5) is 0 Å². The summed E-state index contributed by atoms with van der Waals surface area (Å²) in [5, 5.41) is 6.39. The Kier molecular flexibility index (Phi) is 4.15. The van der Waals surface area contributed by atoms with Crippen molar-refractivity contribution in [1.29, 1.82) is 0 Å². The van der Waals surface area contributed by atoms with E-state index in [1.807, 2.05) is 6.07 Å². The Morgan fingerprint density at radius 3 is 2.95 bits per heavy atom. The molecule has 3 aromatic rings. The molecule has 1 N–H and O–H groups in total. The number of furan rings is 1. The van der Waals surface area contributed by atoms with Gasteiger partial charge in [0.2, 0.25) is 11.6 Å². The molecule has 112 valence electrons. The third-order valence-electron chi connectivity index (χ3n) is 2.78. The van der Waals surface area contributed by atoms with E-state index in [0.29, 0.717) is 30.6 Å². The molecule has 3 aromatic heterocycles. The molecule has 0 bridgehead atoms. The van der Waals surface area contributed by atoms with Crippen LogP contribution >= 0.6 is 0 Å². The quantitative estimate of drug-likeness (QED) is 0.701. The van der Waals surface area contributed by atoms with Crippen molar-refractivity contribution in [3.63, 3.8) is 0 Å². The number of hydrogen-bond donors (Lipinski definition) is 1. The summed E-state index contributed by atoms with van der Waals surface area (Å²) in [6, 6.07) is 10.3. The number of nitrogens with one attached hydrogen (secondary N) is 1. The summed E-state index contributed by atoms with van der Waals surface area (Å²) < 4.78 is 15.6. The predicted octanol–water partition coefficient (Wildman–Crippen LogP) is 2.14. The van der Waals surface area contributed by atoms with Crippen LogP contribution in [0, 0.1) is 0 Å². The molecule has 0 unspecified atom stereocenters. The number of carbonyl (C=O) groups is 1. The molecule has 1 amide bonds. The Balaban J connectivity index is 1.48. The summed E-state index contributed by atoms with van der Waals surface area (Å²) in [5.74, 6) is 1.09. The van der Waals surface area contributed by atoms with E-state index in [1.165, 1.54) is 12.3 Å². The predicted molar refractivity (Wildman–Crippen MR) is 76.3 cm³/mol. The van der Waals surface area contributed by atoms with Gasteiger partial charge in [0.1, 0.15) is 6.61 Å². The van der Waals surface area contributed by atoms with Crippen molar-refractivity contribution in [2.24, 2.45) is 0 Å². The lowest BCUT2D eigenvalue weighted by atomic mass is 10.3. The highest BCUT2D eigenvalue weighted by molar-refractivity contribution is 5.92. The molecule has 0 aromatic carbocycles. The van der Waals surface area contributed by atoms with Crippen molar-refractivity contribution in [3.8, 4) is 17.4 Å². The summed E-state index contributed by atoms with van der Waals surface area (Å²) in [6.07, 6.45) is 3.16. The van der Waals surface area contributed by atoms with Crippen LogP contribution in [0.2, 0.25) is 0 Å². The van der Waals surface area contributed by atoms with Gasteiger partial charge in [0.25, 0.3) is 5.91 Å². The molecule has 0 fully saturated rings. The minimum Gasteiger partial charge on any atom is -0.476 e. The Hall–Kier alpha value is -3.09. The van der Waals surface area contributed by atoms with Gasteiger partial charge in [0.15, 0.2) is 11.5 Å². The van der Waals surface area contributed by atoms with Gasteiger partial charge in [0.05, 0.1) is 12.8 Å². The van der Waals surface area contributed by atoms with Crippen molar-refractivity contribution >= 4 is 5.91 Å². The van der Waals surface area contributed by atoms with E-state index >= 15 is 0 Å². The Labute approximate surface area is 125 Å². The fraction of sp³-hybridized carbons (Fsp3) is 0.133. The summed E-state index contributed by atoms with van der Waals surface area (Å²) >= 11 is 0. The molecule has 7 heteroatoms. The van der Waals surface area contributed by atoms with Crippen molar-refractivity contribution < 1.29 is 18.5 Å². The van der Waals surface area contributed by atoms with Crippen LogP contribution in [0.5, 0.6) is 5.88 Å². The van der Waals surface area contributed by atoms with E-state index in [-0.39, 0.29) is 11.6 Å². The number of nitrogens with zero attached hydrogens (tertiary/aromatic N) is 2. The number of carbonyl (C=O) groups excluding carboxylic acids is 1.